The summed E-state index contributed by atoms with van der Waals surface area (Å²) in [5, 5.41) is 0. The topological polar surface area (TPSA) is 78.9 Å². The minimum atomic E-state index is -0.849. The number of carbonyl (C=O) groups excluding carboxylic acids is 3. The molecule has 0 saturated heterocycles. The van der Waals surface area contributed by atoms with Gasteiger partial charge in [-0.05, 0) is 83.5 Å². The lowest BCUT2D eigenvalue weighted by Gasteiger charge is -2.18. The van der Waals surface area contributed by atoms with E-state index < -0.39 is 12.1 Å². The van der Waals surface area contributed by atoms with Crippen molar-refractivity contribution in [2.45, 2.75) is 245 Å². The van der Waals surface area contributed by atoms with E-state index in [1.165, 1.54) is 103 Å². The first-order valence-electron chi connectivity index (χ1n) is 27.4. The molecule has 0 fully saturated rings. The van der Waals surface area contributed by atoms with E-state index in [9.17, 15) is 14.4 Å². The quantitative estimate of drug-likeness (QED) is 0.0262. The highest BCUT2D eigenvalue weighted by Gasteiger charge is 2.19. The van der Waals surface area contributed by atoms with Crippen LogP contribution in [0.5, 0.6) is 0 Å². The van der Waals surface area contributed by atoms with Crippen molar-refractivity contribution in [2.24, 2.45) is 0 Å². The molecule has 0 aliphatic rings. The third kappa shape index (κ3) is 52.9. The van der Waals surface area contributed by atoms with E-state index in [1.807, 2.05) is 6.08 Å². The molecule has 1 atom stereocenters. The van der Waals surface area contributed by atoms with Crippen LogP contribution in [-0.4, -0.2) is 37.2 Å². The zero-order chi connectivity index (χ0) is 48.6. The summed E-state index contributed by atoms with van der Waals surface area (Å²) in [7, 11) is 0. The van der Waals surface area contributed by atoms with E-state index in [1.54, 1.807) is 6.08 Å². The predicted molar refractivity (Wildman–Crippen MR) is 288 cm³/mol. The van der Waals surface area contributed by atoms with Crippen LogP contribution in [0.25, 0.3) is 0 Å². The molecule has 6 nitrogen and oxygen atoms in total. The molecule has 0 bridgehead atoms. The Hall–Kier alpha value is -3.93. The Morgan fingerprint density at radius 1 is 0.328 bits per heavy atom. The van der Waals surface area contributed by atoms with Gasteiger partial charge in [-0.15, -0.1) is 0 Å². The van der Waals surface area contributed by atoms with Crippen LogP contribution >= 0.6 is 0 Å². The van der Waals surface area contributed by atoms with E-state index in [0.717, 1.165) is 83.5 Å². The average Bonchev–Trinajstić information content (AvgIpc) is 3.33. The van der Waals surface area contributed by atoms with E-state index in [4.69, 9.17) is 14.2 Å². The minimum absolute atomic E-state index is 0.0859. The smallest absolute Gasteiger partial charge is 0.310 e. The summed E-state index contributed by atoms with van der Waals surface area (Å²) in [6, 6.07) is 0. The first-order valence-corrected chi connectivity index (χ1v) is 27.4. The second-order valence-electron chi connectivity index (χ2n) is 17.8. The fourth-order valence-electron chi connectivity index (χ4n) is 7.27. The summed E-state index contributed by atoms with van der Waals surface area (Å²) in [5.41, 5.74) is 0. The van der Waals surface area contributed by atoms with Gasteiger partial charge in [0.15, 0.2) is 6.10 Å². The molecule has 0 aromatic rings. The molecule has 0 radical (unpaired) electrons. The van der Waals surface area contributed by atoms with Gasteiger partial charge in [-0.25, -0.2) is 0 Å². The zero-order valence-corrected chi connectivity index (χ0v) is 43.4. The van der Waals surface area contributed by atoms with Crippen molar-refractivity contribution in [1.82, 2.24) is 0 Å². The first-order chi connectivity index (χ1) is 33.0. The van der Waals surface area contributed by atoms with Crippen LogP contribution in [-0.2, 0) is 28.6 Å². The zero-order valence-electron chi connectivity index (χ0n) is 43.4. The second kappa shape index (κ2) is 54.7. The monoisotopic (exact) mass is 929 g/mol. The highest BCUT2D eigenvalue weighted by Crippen LogP contribution is 2.15. The van der Waals surface area contributed by atoms with Crippen LogP contribution < -0.4 is 0 Å². The van der Waals surface area contributed by atoms with Gasteiger partial charge in [-0.3, -0.25) is 14.4 Å². The van der Waals surface area contributed by atoms with Crippen LogP contribution in [0.1, 0.15) is 239 Å². The van der Waals surface area contributed by atoms with E-state index in [0.29, 0.717) is 19.3 Å². The number of rotatable bonds is 48. The molecule has 0 rings (SSSR count). The molecular formula is C61H100O6. The highest BCUT2D eigenvalue weighted by molar-refractivity contribution is 5.72. The van der Waals surface area contributed by atoms with Gasteiger partial charge in [-0.1, -0.05) is 246 Å². The van der Waals surface area contributed by atoms with Gasteiger partial charge in [0.2, 0.25) is 0 Å². The maximum Gasteiger partial charge on any atom is 0.310 e. The average molecular weight is 929 g/mol. The molecular weight excluding hydrogens is 829 g/mol. The maximum absolute atomic E-state index is 12.8. The van der Waals surface area contributed by atoms with Crippen LogP contribution in [0.15, 0.2) is 109 Å². The molecule has 0 aromatic heterocycles. The number of hydrogen-bond donors (Lipinski definition) is 0. The van der Waals surface area contributed by atoms with Crippen molar-refractivity contribution in [1.29, 1.82) is 0 Å². The van der Waals surface area contributed by atoms with Crippen molar-refractivity contribution in [3.8, 4) is 0 Å². The van der Waals surface area contributed by atoms with Gasteiger partial charge >= 0.3 is 17.9 Å². The lowest BCUT2D eigenvalue weighted by molar-refractivity contribution is -0.166. The molecule has 0 aliphatic heterocycles. The maximum atomic E-state index is 12.8. The Bertz CT molecular complexity index is 1390. The van der Waals surface area contributed by atoms with Crippen molar-refractivity contribution < 1.29 is 28.6 Å². The molecule has 0 heterocycles. The Morgan fingerprint density at radius 2 is 0.627 bits per heavy atom. The standard InChI is InChI=1S/C61H100O6/c1-4-7-10-13-16-19-22-25-28-29-30-31-34-36-39-42-45-48-51-54-60(63)66-57-58(67-61(64)55-52-49-46-43-40-37-33-27-24-21-18-15-12-9-6-3)56-65-59(62)53-50-47-44-41-38-35-32-26-23-20-17-14-11-8-5-2/h8-9,11-12,17-18,20-21,26-27,32-33,38,40-41,43,49,52,58H,4-7,10,13-16,19,22-25,28-31,34-37,39,42,44-48,50-51,53-57H2,1-3H3/b11-8-,12-9-,20-17-,21-18-,32-26-,33-27-,41-38-,43-40-,52-49-. The van der Waals surface area contributed by atoms with Crippen LogP contribution in [0.3, 0.4) is 0 Å². The number of hydrogen-bond acceptors (Lipinski definition) is 6. The third-order valence-corrected chi connectivity index (χ3v) is 11.3. The highest BCUT2D eigenvalue weighted by atomic mass is 16.6. The van der Waals surface area contributed by atoms with Gasteiger partial charge in [0.25, 0.3) is 0 Å². The Morgan fingerprint density at radius 3 is 0.985 bits per heavy atom. The molecule has 6 heteroatoms. The van der Waals surface area contributed by atoms with Crippen molar-refractivity contribution in [2.75, 3.05) is 13.2 Å². The molecule has 0 aliphatic carbocycles. The summed E-state index contributed by atoms with van der Waals surface area (Å²) in [6.07, 6.45) is 74.0. The SMILES string of the molecule is CC/C=C\C/C=C\C/C=C\C/C=C\C/C=C\CC(=O)OC(COC(=O)CCCC/C=C\C/C=C\C/C=C\C/C=C\CC)COC(=O)CCCCCCCCCCCCCCCCCCCCC. The second-order valence-corrected chi connectivity index (χ2v) is 17.8. The van der Waals surface area contributed by atoms with Crippen molar-refractivity contribution in [3.63, 3.8) is 0 Å². The fraction of sp³-hybridized carbons (Fsp3) is 0.656. The van der Waals surface area contributed by atoms with Gasteiger partial charge in [0, 0.05) is 12.8 Å². The van der Waals surface area contributed by atoms with Gasteiger partial charge in [-0.2, -0.15) is 0 Å². The molecule has 0 spiro atoms. The van der Waals surface area contributed by atoms with Crippen LogP contribution in [0.2, 0.25) is 0 Å². The first kappa shape index (κ1) is 63.1. The molecule has 1 unspecified atom stereocenters. The van der Waals surface area contributed by atoms with Crippen LogP contribution in [0.4, 0.5) is 0 Å². The van der Waals surface area contributed by atoms with E-state index in [-0.39, 0.29) is 38.0 Å². The minimum Gasteiger partial charge on any atom is -0.462 e. The normalized spacial score (nSPS) is 12.9. The molecule has 0 saturated carbocycles. The molecule has 0 N–H and O–H groups in total. The predicted octanol–water partition coefficient (Wildman–Crippen LogP) is 18.3. The van der Waals surface area contributed by atoms with Gasteiger partial charge in [0.05, 0.1) is 6.42 Å². The summed E-state index contributed by atoms with van der Waals surface area (Å²) in [5.74, 6) is -1.10. The number of allylic oxidation sites excluding steroid dienone is 17. The van der Waals surface area contributed by atoms with Gasteiger partial charge in [0.1, 0.15) is 13.2 Å². The van der Waals surface area contributed by atoms with E-state index in [2.05, 4.69) is 118 Å². The molecule has 380 valence electrons. The number of carbonyl (C=O) groups is 3. The van der Waals surface area contributed by atoms with Crippen LogP contribution in [0, 0.1) is 0 Å². The number of unbranched alkanes of at least 4 members (excludes halogenated alkanes) is 20. The van der Waals surface area contributed by atoms with Crippen molar-refractivity contribution in [3.05, 3.63) is 109 Å². The third-order valence-electron chi connectivity index (χ3n) is 11.3. The fourth-order valence-corrected chi connectivity index (χ4v) is 7.27. The summed E-state index contributed by atoms with van der Waals surface area (Å²) >= 11 is 0. The Balaban J connectivity index is 4.51. The lowest BCUT2D eigenvalue weighted by Crippen LogP contribution is -2.30. The van der Waals surface area contributed by atoms with E-state index >= 15 is 0 Å². The Kier molecular flexibility index (Phi) is 51.5. The number of ether oxygens (including phenoxy) is 3. The van der Waals surface area contributed by atoms with Crippen molar-refractivity contribution >= 4 is 17.9 Å². The summed E-state index contributed by atoms with van der Waals surface area (Å²) in [6.45, 7) is 6.29. The molecule has 0 amide bonds. The largest absolute Gasteiger partial charge is 0.462 e. The summed E-state index contributed by atoms with van der Waals surface area (Å²) < 4.78 is 16.7. The molecule has 67 heavy (non-hydrogen) atoms. The Labute approximate surface area is 412 Å². The number of esters is 3. The van der Waals surface area contributed by atoms with Gasteiger partial charge < -0.3 is 14.2 Å². The molecule has 0 aromatic carbocycles. The summed E-state index contributed by atoms with van der Waals surface area (Å²) in [4.78, 5) is 38.0. The lowest BCUT2D eigenvalue weighted by atomic mass is 10.0.